The summed E-state index contributed by atoms with van der Waals surface area (Å²) in [7, 11) is 1.60. The molecule has 0 saturated heterocycles. The summed E-state index contributed by atoms with van der Waals surface area (Å²) in [6.45, 7) is -0.415. The van der Waals surface area contributed by atoms with Crippen LogP contribution in [0.2, 0.25) is 0 Å². The van der Waals surface area contributed by atoms with Gasteiger partial charge in [-0.2, -0.15) is 5.10 Å². The Bertz CT molecular complexity index is 580. The Balaban J connectivity index is 2.10. The highest BCUT2D eigenvalue weighted by Crippen LogP contribution is 2.22. The Hall–Kier alpha value is -2.38. The highest BCUT2D eigenvalue weighted by atomic mass is 16.5. The second-order valence-corrected chi connectivity index (χ2v) is 4.17. The van der Waals surface area contributed by atoms with Gasteiger partial charge in [-0.3, -0.25) is 9.89 Å². The molecule has 0 radical (unpaired) electrons. The molecule has 0 aliphatic heterocycles. The van der Waals surface area contributed by atoms with Crippen molar-refractivity contribution >= 4 is 11.7 Å². The molecule has 0 fully saturated rings. The fourth-order valence-corrected chi connectivity index (χ4v) is 1.61. The molecule has 2 aromatic rings. The van der Waals surface area contributed by atoms with Crippen molar-refractivity contribution in [2.75, 3.05) is 19.0 Å². The highest BCUT2D eigenvalue weighted by molar-refractivity contribution is 5.94. The average molecular weight is 276 g/mol. The second-order valence-electron chi connectivity index (χ2n) is 4.17. The third-order valence-electron chi connectivity index (χ3n) is 2.76. The average Bonchev–Trinajstić information content (AvgIpc) is 2.94. The lowest BCUT2D eigenvalue weighted by atomic mass is 10.1. The maximum absolute atomic E-state index is 11.5. The van der Waals surface area contributed by atoms with E-state index in [1.807, 2.05) is 24.3 Å². The summed E-state index contributed by atoms with van der Waals surface area (Å²) in [5.41, 5.74) is 7.06. The number of methoxy groups -OCH3 is 1. The van der Waals surface area contributed by atoms with Crippen LogP contribution in [0.25, 0.3) is 11.3 Å². The van der Waals surface area contributed by atoms with Gasteiger partial charge in [0.05, 0.1) is 19.4 Å². The van der Waals surface area contributed by atoms with Gasteiger partial charge in [-0.1, -0.05) is 0 Å². The molecule has 0 spiro atoms. The van der Waals surface area contributed by atoms with Crippen molar-refractivity contribution in [3.05, 3.63) is 30.3 Å². The van der Waals surface area contributed by atoms with Gasteiger partial charge in [-0.05, 0) is 29.8 Å². The number of H-pyrrole nitrogens is 1. The zero-order valence-corrected chi connectivity index (χ0v) is 11.0. The van der Waals surface area contributed by atoms with E-state index >= 15 is 0 Å². The molecule has 7 heteroatoms. The normalized spacial score (nSPS) is 11.9. The maximum Gasteiger partial charge on any atom is 0.244 e. The van der Waals surface area contributed by atoms with Crippen molar-refractivity contribution in [3.8, 4) is 17.0 Å². The van der Waals surface area contributed by atoms with Crippen molar-refractivity contribution in [2.24, 2.45) is 5.73 Å². The van der Waals surface area contributed by atoms with Crippen molar-refractivity contribution in [3.63, 3.8) is 0 Å². The first-order valence-electron chi connectivity index (χ1n) is 6.01. The van der Waals surface area contributed by atoms with Gasteiger partial charge in [0.15, 0.2) is 5.82 Å². The van der Waals surface area contributed by atoms with Gasteiger partial charge in [-0.25, -0.2) is 0 Å². The Morgan fingerprint density at radius 1 is 1.50 bits per heavy atom. The number of ether oxygens (including phenoxy) is 1. The minimum atomic E-state index is -0.962. The Morgan fingerprint density at radius 2 is 2.20 bits per heavy atom. The molecule has 2 rings (SSSR count). The molecule has 0 aliphatic carbocycles. The largest absolute Gasteiger partial charge is 0.497 e. The number of amides is 1. The van der Waals surface area contributed by atoms with E-state index in [9.17, 15) is 4.79 Å². The number of carbonyl (C=O) groups excluding carboxylic acids is 1. The van der Waals surface area contributed by atoms with E-state index < -0.39 is 18.6 Å². The van der Waals surface area contributed by atoms with E-state index in [4.69, 9.17) is 15.6 Å². The third kappa shape index (κ3) is 3.14. The minimum absolute atomic E-state index is 0.352. The number of nitrogens with zero attached hydrogens (tertiary/aromatic N) is 1. The number of aromatic amines is 1. The number of nitrogens with two attached hydrogens (primary N) is 1. The van der Waals surface area contributed by atoms with Crippen LogP contribution in [0.15, 0.2) is 30.3 Å². The topological polar surface area (TPSA) is 113 Å². The van der Waals surface area contributed by atoms with Gasteiger partial charge in [0.25, 0.3) is 0 Å². The molecule has 1 unspecified atom stereocenters. The van der Waals surface area contributed by atoms with Crippen LogP contribution in [0.1, 0.15) is 0 Å². The fraction of sp³-hybridized carbons (Fsp3) is 0.231. The van der Waals surface area contributed by atoms with Gasteiger partial charge in [0, 0.05) is 6.07 Å². The van der Waals surface area contributed by atoms with E-state index in [2.05, 4.69) is 15.5 Å². The molecule has 20 heavy (non-hydrogen) atoms. The van der Waals surface area contributed by atoms with Gasteiger partial charge >= 0.3 is 0 Å². The van der Waals surface area contributed by atoms with Crippen LogP contribution in [0.3, 0.4) is 0 Å². The van der Waals surface area contributed by atoms with Crippen molar-refractivity contribution in [1.29, 1.82) is 0 Å². The monoisotopic (exact) mass is 276 g/mol. The summed E-state index contributed by atoms with van der Waals surface area (Å²) >= 11 is 0. The van der Waals surface area contributed by atoms with Crippen LogP contribution in [-0.4, -0.2) is 41.0 Å². The van der Waals surface area contributed by atoms with Gasteiger partial charge in [0.1, 0.15) is 11.8 Å². The first-order valence-corrected chi connectivity index (χ1v) is 6.01. The lowest BCUT2D eigenvalue weighted by Crippen LogP contribution is -2.38. The smallest absolute Gasteiger partial charge is 0.244 e. The number of carbonyl (C=O) groups is 1. The minimum Gasteiger partial charge on any atom is -0.497 e. The number of aliphatic hydroxyl groups is 1. The van der Waals surface area contributed by atoms with Crippen LogP contribution in [0, 0.1) is 0 Å². The van der Waals surface area contributed by atoms with Gasteiger partial charge in [0.2, 0.25) is 5.91 Å². The van der Waals surface area contributed by atoms with E-state index in [-0.39, 0.29) is 0 Å². The van der Waals surface area contributed by atoms with Crippen LogP contribution in [-0.2, 0) is 4.79 Å². The van der Waals surface area contributed by atoms with Gasteiger partial charge < -0.3 is 20.9 Å². The number of hydrogen-bond acceptors (Lipinski definition) is 5. The molecule has 1 heterocycles. The summed E-state index contributed by atoms with van der Waals surface area (Å²) in [5, 5.41) is 18.1. The van der Waals surface area contributed by atoms with E-state index in [0.29, 0.717) is 5.82 Å². The van der Waals surface area contributed by atoms with Crippen LogP contribution in [0.5, 0.6) is 5.75 Å². The zero-order chi connectivity index (χ0) is 14.5. The molecule has 1 atom stereocenters. The maximum atomic E-state index is 11.5. The Morgan fingerprint density at radius 3 is 2.80 bits per heavy atom. The molecule has 0 aliphatic rings. The van der Waals surface area contributed by atoms with Crippen LogP contribution < -0.4 is 15.8 Å². The number of aliphatic hydroxyl groups excluding tert-OH is 1. The molecular formula is C13H16N4O3. The fourth-order valence-electron chi connectivity index (χ4n) is 1.61. The van der Waals surface area contributed by atoms with E-state index in [1.54, 1.807) is 13.2 Å². The van der Waals surface area contributed by atoms with E-state index in [0.717, 1.165) is 17.0 Å². The third-order valence-corrected chi connectivity index (χ3v) is 2.76. The first-order chi connectivity index (χ1) is 9.63. The first kappa shape index (κ1) is 14.0. The zero-order valence-electron chi connectivity index (χ0n) is 11.0. The quantitative estimate of drug-likeness (QED) is 0.629. The van der Waals surface area contributed by atoms with E-state index in [1.165, 1.54) is 0 Å². The van der Waals surface area contributed by atoms with Gasteiger partial charge in [-0.15, -0.1) is 0 Å². The molecule has 0 saturated carbocycles. The Labute approximate surface area is 115 Å². The summed E-state index contributed by atoms with van der Waals surface area (Å²) in [6, 6.07) is 8.13. The summed E-state index contributed by atoms with van der Waals surface area (Å²) < 4.78 is 5.08. The molecule has 5 N–H and O–H groups in total. The molecule has 1 aromatic carbocycles. The lowest BCUT2D eigenvalue weighted by molar-refractivity contribution is -0.118. The number of anilines is 1. The molecular weight excluding hydrogens is 260 g/mol. The van der Waals surface area contributed by atoms with Crippen LogP contribution >= 0.6 is 0 Å². The lowest BCUT2D eigenvalue weighted by Gasteiger charge is -2.06. The number of nitrogens with one attached hydrogen (secondary N) is 2. The number of hydrogen-bond donors (Lipinski definition) is 4. The summed E-state index contributed by atoms with van der Waals surface area (Å²) in [4.78, 5) is 11.5. The number of aromatic nitrogens is 2. The summed E-state index contributed by atoms with van der Waals surface area (Å²) in [5.74, 6) is 0.626. The molecule has 1 aromatic heterocycles. The van der Waals surface area contributed by atoms with Crippen LogP contribution in [0.4, 0.5) is 5.82 Å². The van der Waals surface area contributed by atoms with Crippen molar-refractivity contribution < 1.29 is 14.6 Å². The van der Waals surface area contributed by atoms with Crippen molar-refractivity contribution in [2.45, 2.75) is 6.04 Å². The number of benzene rings is 1. The predicted octanol–water partition coefficient (Wildman–Crippen LogP) is 0.343. The van der Waals surface area contributed by atoms with Crippen molar-refractivity contribution in [1.82, 2.24) is 10.2 Å². The SMILES string of the molecule is COc1ccc(-c2cc(NC(=O)C(N)CO)n[nH]2)cc1. The second kappa shape index (κ2) is 6.18. The molecule has 106 valence electrons. The summed E-state index contributed by atoms with van der Waals surface area (Å²) in [6.07, 6.45) is 0. The predicted molar refractivity (Wildman–Crippen MR) is 74.3 cm³/mol. The highest BCUT2D eigenvalue weighted by Gasteiger charge is 2.13. The standard InChI is InChI=1S/C13H16N4O3/c1-20-9-4-2-8(3-5-9)11-6-12(17-16-11)15-13(19)10(14)7-18/h2-6,10,18H,7,14H2,1H3,(H2,15,16,17,19). The molecule has 0 bridgehead atoms. The molecule has 1 amide bonds. The molecule has 7 nitrogen and oxygen atoms in total. The Kier molecular flexibility index (Phi) is 4.34. The number of rotatable bonds is 5.